The minimum Gasteiger partial charge on any atom is -0.490 e. The zero-order valence-electron chi connectivity index (χ0n) is 20.2. The first-order chi connectivity index (χ1) is 16.8. The second-order valence-corrected chi connectivity index (χ2v) is 8.61. The molecule has 1 atom stereocenters. The fourth-order valence-electron chi connectivity index (χ4n) is 4.36. The molecular formula is C27H29FN2O5. The number of carbonyl (C=O) groups excluding carboxylic acids is 1. The van der Waals surface area contributed by atoms with Crippen molar-refractivity contribution in [2.45, 2.75) is 19.4 Å². The van der Waals surface area contributed by atoms with Crippen LogP contribution in [0.3, 0.4) is 0 Å². The van der Waals surface area contributed by atoms with Crippen molar-refractivity contribution in [3.63, 3.8) is 0 Å². The fourth-order valence-corrected chi connectivity index (χ4v) is 4.36. The van der Waals surface area contributed by atoms with Gasteiger partial charge >= 0.3 is 0 Å². The summed E-state index contributed by atoms with van der Waals surface area (Å²) in [6, 6.07) is 8.38. The molecule has 4 rings (SSSR count). The van der Waals surface area contributed by atoms with Crippen molar-refractivity contribution in [2.75, 3.05) is 40.4 Å². The Balaban J connectivity index is 1.87. The third-order valence-corrected chi connectivity index (χ3v) is 5.87. The van der Waals surface area contributed by atoms with Gasteiger partial charge in [0.15, 0.2) is 16.9 Å². The van der Waals surface area contributed by atoms with Crippen LogP contribution in [0.4, 0.5) is 4.39 Å². The van der Waals surface area contributed by atoms with Gasteiger partial charge in [-0.05, 0) is 69.9 Å². The molecule has 1 aromatic heterocycles. The summed E-state index contributed by atoms with van der Waals surface area (Å²) < 4.78 is 31.4. The smallest absolute Gasteiger partial charge is 0.290 e. The molecule has 0 saturated carbocycles. The summed E-state index contributed by atoms with van der Waals surface area (Å²) in [6.45, 7) is 7.43. The Hall–Kier alpha value is -3.65. The quantitative estimate of drug-likeness (QED) is 0.401. The summed E-state index contributed by atoms with van der Waals surface area (Å²) in [5, 5.41) is 0.104. The van der Waals surface area contributed by atoms with E-state index in [4.69, 9.17) is 13.9 Å². The first kappa shape index (κ1) is 24.5. The highest BCUT2D eigenvalue weighted by Gasteiger charge is 2.42. The number of ether oxygens (including phenoxy) is 2. The van der Waals surface area contributed by atoms with E-state index < -0.39 is 17.3 Å². The molecule has 8 heteroatoms. The lowest BCUT2D eigenvalue weighted by atomic mass is 9.98. The number of hydrogen-bond acceptors (Lipinski definition) is 6. The molecule has 1 aliphatic heterocycles. The first-order valence-electron chi connectivity index (χ1n) is 11.6. The molecule has 2 aromatic carbocycles. The number of carbonyl (C=O) groups is 1. The van der Waals surface area contributed by atoms with E-state index in [-0.39, 0.29) is 28.2 Å². The molecule has 35 heavy (non-hydrogen) atoms. The second kappa shape index (κ2) is 10.3. The zero-order chi connectivity index (χ0) is 25.1. The zero-order valence-corrected chi connectivity index (χ0v) is 20.2. The van der Waals surface area contributed by atoms with Crippen molar-refractivity contribution in [1.82, 2.24) is 9.80 Å². The third kappa shape index (κ3) is 4.79. The highest BCUT2D eigenvalue weighted by atomic mass is 19.1. The molecule has 1 amide bonds. The maximum Gasteiger partial charge on any atom is 0.290 e. The number of amides is 1. The molecule has 7 nitrogen and oxygen atoms in total. The molecule has 2 heterocycles. The molecular weight excluding hydrogens is 451 g/mol. The van der Waals surface area contributed by atoms with Crippen LogP contribution in [0.15, 0.2) is 58.3 Å². The molecule has 0 N–H and O–H groups in total. The molecule has 0 saturated heterocycles. The Morgan fingerprint density at radius 2 is 1.94 bits per heavy atom. The molecule has 0 spiro atoms. The van der Waals surface area contributed by atoms with Crippen LogP contribution in [-0.2, 0) is 0 Å². The van der Waals surface area contributed by atoms with E-state index in [1.807, 2.05) is 32.0 Å². The highest BCUT2D eigenvalue weighted by Crippen LogP contribution is 2.41. The van der Waals surface area contributed by atoms with Crippen LogP contribution in [0.5, 0.6) is 11.5 Å². The Bertz CT molecular complexity index is 1320. The largest absolute Gasteiger partial charge is 0.490 e. The van der Waals surface area contributed by atoms with E-state index in [1.54, 1.807) is 23.1 Å². The number of benzene rings is 2. The number of rotatable bonds is 10. The van der Waals surface area contributed by atoms with Crippen molar-refractivity contribution in [2.24, 2.45) is 0 Å². The van der Waals surface area contributed by atoms with E-state index in [0.29, 0.717) is 43.2 Å². The Kier molecular flexibility index (Phi) is 7.21. The molecule has 0 unspecified atom stereocenters. The van der Waals surface area contributed by atoms with E-state index >= 15 is 0 Å². The topological polar surface area (TPSA) is 72.2 Å². The Morgan fingerprint density at radius 3 is 2.66 bits per heavy atom. The molecule has 0 fully saturated rings. The van der Waals surface area contributed by atoms with Crippen LogP contribution < -0.4 is 14.9 Å². The van der Waals surface area contributed by atoms with Gasteiger partial charge in [-0.15, -0.1) is 0 Å². The van der Waals surface area contributed by atoms with E-state index in [2.05, 4.69) is 6.58 Å². The summed E-state index contributed by atoms with van der Waals surface area (Å²) in [4.78, 5) is 30.7. The van der Waals surface area contributed by atoms with Gasteiger partial charge in [0.2, 0.25) is 5.76 Å². The maximum absolute atomic E-state index is 14.0. The monoisotopic (exact) mass is 480 g/mol. The van der Waals surface area contributed by atoms with Gasteiger partial charge in [0.05, 0.1) is 23.6 Å². The summed E-state index contributed by atoms with van der Waals surface area (Å²) in [7, 11) is 3.92. The number of halogens is 1. The summed E-state index contributed by atoms with van der Waals surface area (Å²) >= 11 is 0. The standard InChI is InChI=1S/C27H29FN2O5/c1-5-14-34-21-10-8-17(15-22(21)33-6-2)24-23-25(31)19-16-18(28)9-11-20(19)35-26(23)27(32)30(24)13-7-12-29(3)4/h5,8-11,15-16,24H,1,6-7,12-14H2,2-4H3/t24-/m0/s1. The average molecular weight is 481 g/mol. The van der Waals surface area contributed by atoms with Gasteiger partial charge in [-0.2, -0.15) is 0 Å². The van der Waals surface area contributed by atoms with Crippen LogP contribution in [-0.4, -0.2) is 56.1 Å². The van der Waals surface area contributed by atoms with Crippen LogP contribution in [0.25, 0.3) is 11.0 Å². The minimum absolute atomic E-state index is 0.00564. The van der Waals surface area contributed by atoms with E-state index in [0.717, 1.165) is 12.6 Å². The molecule has 0 aliphatic carbocycles. The predicted molar refractivity (Wildman–Crippen MR) is 132 cm³/mol. The van der Waals surface area contributed by atoms with Crippen LogP contribution in [0, 0.1) is 5.82 Å². The summed E-state index contributed by atoms with van der Waals surface area (Å²) in [6.07, 6.45) is 2.34. The lowest BCUT2D eigenvalue weighted by molar-refractivity contribution is 0.0722. The Labute approximate surface area is 203 Å². The number of hydrogen-bond donors (Lipinski definition) is 0. The van der Waals surface area contributed by atoms with Gasteiger partial charge in [0.25, 0.3) is 5.91 Å². The van der Waals surface area contributed by atoms with Crippen LogP contribution in [0.2, 0.25) is 0 Å². The molecule has 3 aromatic rings. The lowest BCUT2D eigenvalue weighted by Gasteiger charge is -2.26. The van der Waals surface area contributed by atoms with Gasteiger partial charge < -0.3 is 23.7 Å². The number of nitrogens with zero attached hydrogens (tertiary/aromatic N) is 2. The van der Waals surface area contributed by atoms with E-state index in [1.165, 1.54) is 12.1 Å². The molecule has 184 valence electrons. The summed E-state index contributed by atoms with van der Waals surface area (Å²) in [5.41, 5.74) is 0.652. The Morgan fingerprint density at radius 1 is 1.14 bits per heavy atom. The van der Waals surface area contributed by atoms with Gasteiger partial charge in [-0.3, -0.25) is 9.59 Å². The maximum atomic E-state index is 14.0. The van der Waals surface area contributed by atoms with Crippen molar-refractivity contribution in [3.05, 3.63) is 82.0 Å². The van der Waals surface area contributed by atoms with Gasteiger partial charge in [-0.1, -0.05) is 18.7 Å². The fraction of sp³-hybridized carbons (Fsp3) is 0.333. The van der Waals surface area contributed by atoms with Crippen LogP contribution in [0.1, 0.15) is 41.1 Å². The van der Waals surface area contributed by atoms with Crippen molar-refractivity contribution >= 4 is 16.9 Å². The van der Waals surface area contributed by atoms with Gasteiger partial charge in [0, 0.05) is 6.54 Å². The summed E-state index contributed by atoms with van der Waals surface area (Å²) in [5.74, 6) is 0.116. The normalized spacial score (nSPS) is 15.1. The molecule has 0 radical (unpaired) electrons. The third-order valence-electron chi connectivity index (χ3n) is 5.87. The minimum atomic E-state index is -0.698. The SMILES string of the molecule is C=CCOc1ccc([C@H]2c3c(oc4ccc(F)cc4c3=O)C(=O)N2CCCN(C)C)cc1OCC. The van der Waals surface area contributed by atoms with E-state index in [9.17, 15) is 14.0 Å². The number of fused-ring (bicyclic) bond motifs is 2. The van der Waals surface area contributed by atoms with Crippen molar-refractivity contribution in [3.8, 4) is 11.5 Å². The first-order valence-corrected chi connectivity index (χ1v) is 11.6. The highest BCUT2D eigenvalue weighted by molar-refractivity contribution is 5.99. The molecule has 0 bridgehead atoms. The van der Waals surface area contributed by atoms with Gasteiger partial charge in [0.1, 0.15) is 18.0 Å². The lowest BCUT2D eigenvalue weighted by Crippen LogP contribution is -2.32. The van der Waals surface area contributed by atoms with Gasteiger partial charge in [-0.25, -0.2) is 4.39 Å². The van der Waals surface area contributed by atoms with Crippen molar-refractivity contribution in [1.29, 1.82) is 0 Å². The second-order valence-electron chi connectivity index (χ2n) is 8.61. The predicted octanol–water partition coefficient (Wildman–Crippen LogP) is 4.39. The van der Waals surface area contributed by atoms with Crippen molar-refractivity contribution < 1.29 is 23.1 Å². The molecule has 1 aliphatic rings. The average Bonchev–Trinajstić information content (AvgIpc) is 3.10. The van der Waals surface area contributed by atoms with Crippen LogP contribution >= 0.6 is 0 Å².